The largest absolute Gasteiger partial charge is 0.319 e. The van der Waals surface area contributed by atoms with Crippen LogP contribution in [0.5, 0.6) is 0 Å². The van der Waals surface area contributed by atoms with Crippen LogP contribution >= 0.6 is 0 Å². The summed E-state index contributed by atoms with van der Waals surface area (Å²) in [5.41, 5.74) is 3.94. The van der Waals surface area contributed by atoms with Gasteiger partial charge in [-0.1, -0.05) is 84.4 Å². The normalized spacial score (nSPS) is 13.9. The number of pyridine rings is 1. The molecule has 0 aliphatic rings. The fraction of sp³-hybridized carbons (Fsp3) is 0.0455. The second-order valence-corrected chi connectivity index (χ2v) is 15.9. The van der Waals surface area contributed by atoms with Gasteiger partial charge in [0.05, 0.1) is 0 Å². The maximum atomic E-state index is 8.28. The summed E-state index contributed by atoms with van der Waals surface area (Å²) in [7, 11) is -3.26. The van der Waals surface area contributed by atoms with E-state index in [9.17, 15) is 0 Å². The number of benzene rings is 6. The zero-order chi connectivity index (χ0) is 38.0. The van der Waals surface area contributed by atoms with Crippen LogP contribution in [0.15, 0.2) is 164 Å². The van der Waals surface area contributed by atoms with Crippen LogP contribution in [0, 0.1) is 19.0 Å². The predicted octanol–water partition coefficient (Wildman–Crippen LogP) is 7.03. The summed E-state index contributed by atoms with van der Waals surface area (Å²) in [5.74, 6) is 0.496. The molecule has 0 amide bonds. The molecule has 9 aromatic rings. The van der Waals surface area contributed by atoms with Gasteiger partial charge in [-0.05, 0) is 58.5 Å². The Morgan fingerprint density at radius 2 is 1.32 bits per heavy atom. The monoisotopic (exact) mass is 846 g/mol. The minimum atomic E-state index is -3.26. The fourth-order valence-corrected chi connectivity index (χ4v) is 11.9. The number of fused-ring (bicyclic) bond motifs is 4. The van der Waals surface area contributed by atoms with Gasteiger partial charge >= 0.3 is 0 Å². The van der Waals surface area contributed by atoms with Crippen LogP contribution in [0.2, 0.25) is 0 Å². The molecule has 0 radical (unpaired) electrons. The van der Waals surface area contributed by atoms with E-state index in [4.69, 9.17) is 13.2 Å². The van der Waals surface area contributed by atoms with Crippen molar-refractivity contribution in [1.82, 2.24) is 18.7 Å². The molecule has 0 saturated carbocycles. The van der Waals surface area contributed by atoms with Crippen molar-refractivity contribution in [2.45, 2.75) is 6.85 Å². The van der Waals surface area contributed by atoms with Crippen LogP contribution in [0.1, 0.15) is 13.8 Å². The number of nitrogens with zero attached hydrogens (tertiary/aromatic N) is 4. The molecule has 9 rings (SSSR count). The van der Waals surface area contributed by atoms with Gasteiger partial charge in [-0.2, -0.15) is 35.5 Å². The Balaban J connectivity index is 0.00000441. The first-order chi connectivity index (χ1) is 26.5. The molecule has 0 aliphatic heterocycles. The van der Waals surface area contributed by atoms with Crippen molar-refractivity contribution in [2.75, 3.05) is 0 Å². The minimum absolute atomic E-state index is 0. The summed E-state index contributed by atoms with van der Waals surface area (Å²) in [6, 6.07) is 57.9. The standard InChI is InChI=1S/C44H33N4Si.Pt/c1-32-26-27-45-44(28-32)48-40-21-10-9-20-38(40)39-25-24-37(30-43(39)48)49(34-15-5-3-6-16-34,35-17-7-4-8-18-35)36-19-13-14-33(29-36)47-31-46(2)41-22-11-12-23-42(41)47;/h3-28,31H,1-2H3;/q-1;/i1D3,2D3;. The van der Waals surface area contributed by atoms with Crippen molar-refractivity contribution < 1.29 is 29.3 Å². The van der Waals surface area contributed by atoms with Gasteiger partial charge in [0.2, 0.25) is 0 Å². The molecule has 6 aromatic carbocycles. The third-order valence-corrected chi connectivity index (χ3v) is 14.0. The molecule has 0 fully saturated rings. The van der Waals surface area contributed by atoms with Crippen molar-refractivity contribution in [1.29, 1.82) is 0 Å². The van der Waals surface area contributed by atoms with E-state index in [2.05, 4.69) is 84.9 Å². The topological polar surface area (TPSA) is 27.7 Å². The van der Waals surface area contributed by atoms with Gasteiger partial charge in [-0.15, -0.1) is 22.7 Å². The van der Waals surface area contributed by atoms with E-state index in [1.54, 1.807) is 24.7 Å². The van der Waals surface area contributed by atoms with Gasteiger partial charge in [-0.3, -0.25) is 0 Å². The first-order valence-corrected chi connectivity index (χ1v) is 18.1. The third kappa shape index (κ3) is 5.00. The Hall–Kier alpha value is -5.35. The molecule has 0 atom stereocenters. The van der Waals surface area contributed by atoms with Crippen LogP contribution in [-0.4, -0.2) is 26.8 Å². The van der Waals surface area contributed by atoms with Crippen molar-refractivity contribution >= 4 is 61.7 Å². The van der Waals surface area contributed by atoms with Crippen molar-refractivity contribution in [2.24, 2.45) is 6.98 Å². The molecule has 4 nitrogen and oxygen atoms in total. The number of imidazole rings is 1. The zero-order valence-electron chi connectivity index (χ0n) is 32.7. The molecule has 0 spiro atoms. The Kier molecular flexibility index (Phi) is 6.57. The molecule has 0 bridgehead atoms. The molecule has 3 aromatic heterocycles. The number of hydrogen-bond acceptors (Lipinski definition) is 1. The molecular weight excluding hydrogens is 808 g/mol. The van der Waals surface area contributed by atoms with E-state index < -0.39 is 21.9 Å². The van der Waals surface area contributed by atoms with Crippen LogP contribution in [0.3, 0.4) is 0 Å². The van der Waals surface area contributed by atoms with Crippen LogP contribution in [-0.2, 0) is 28.0 Å². The molecule has 0 saturated heterocycles. The van der Waals surface area contributed by atoms with E-state index in [1.165, 1.54) is 4.57 Å². The second-order valence-electron chi connectivity index (χ2n) is 12.2. The summed E-state index contributed by atoms with van der Waals surface area (Å²) in [6.07, 6.45) is 3.19. The molecule has 0 N–H and O–H groups in total. The van der Waals surface area contributed by atoms with E-state index in [0.29, 0.717) is 17.0 Å². The van der Waals surface area contributed by atoms with Crippen molar-refractivity contribution in [3.05, 3.63) is 182 Å². The quantitative estimate of drug-likeness (QED) is 0.101. The van der Waals surface area contributed by atoms with Crippen LogP contribution in [0.25, 0.3) is 44.3 Å². The maximum absolute atomic E-state index is 8.28. The Morgan fingerprint density at radius 1 is 0.640 bits per heavy atom. The Labute approximate surface area is 315 Å². The third-order valence-electron chi connectivity index (χ3n) is 9.45. The van der Waals surface area contributed by atoms with Gasteiger partial charge in [0.15, 0.2) is 17.4 Å². The van der Waals surface area contributed by atoms with Crippen LogP contribution in [0.4, 0.5) is 0 Å². The number of para-hydroxylation sites is 3. The summed E-state index contributed by atoms with van der Waals surface area (Å²) >= 11 is 0. The summed E-state index contributed by atoms with van der Waals surface area (Å²) in [6.45, 7) is -4.68. The summed E-state index contributed by atoms with van der Waals surface area (Å²) < 4.78 is 54.5. The molecule has 244 valence electrons. The van der Waals surface area contributed by atoms with Gasteiger partial charge < -0.3 is 4.57 Å². The van der Waals surface area contributed by atoms with Crippen molar-refractivity contribution in [3.8, 4) is 11.5 Å². The average molecular weight is 847 g/mol. The number of rotatable bonds is 6. The van der Waals surface area contributed by atoms with Crippen molar-refractivity contribution in [3.63, 3.8) is 0 Å². The number of hydrogen-bond donors (Lipinski definition) is 0. The Morgan fingerprint density at radius 3 is 2.06 bits per heavy atom. The average Bonchev–Trinajstić information content (AvgIpc) is 3.76. The molecule has 3 heterocycles. The van der Waals surface area contributed by atoms with E-state index >= 15 is 0 Å². The zero-order valence-corrected chi connectivity index (χ0v) is 30.0. The smallest absolute Gasteiger partial charge is 0.188 e. The van der Waals surface area contributed by atoms with Gasteiger partial charge in [0.1, 0.15) is 13.9 Å². The van der Waals surface area contributed by atoms with E-state index in [-0.39, 0.29) is 26.6 Å². The first-order valence-electron chi connectivity index (χ1n) is 19.1. The molecule has 6 heteroatoms. The second kappa shape index (κ2) is 12.8. The first kappa shape index (κ1) is 25.6. The summed E-state index contributed by atoms with van der Waals surface area (Å²) in [4.78, 5) is 4.70. The molecule has 0 unspecified atom stereocenters. The van der Waals surface area contributed by atoms with Gasteiger partial charge in [0, 0.05) is 65.8 Å². The SMILES string of the molecule is [2H]C([2H])([2H])c1ccnc(-n2c3[c-]c([Si](c4[c-]c(-n5[cH+]n(C([2H])([2H])[2H])c6ccccc65)ccc4)(c4ccccc4)c4ccccc4)ccc3c3ccccc32)c1.[Pt]. The van der Waals surface area contributed by atoms with Crippen LogP contribution < -0.4 is 20.7 Å². The summed E-state index contributed by atoms with van der Waals surface area (Å²) in [5, 5.41) is 6.13. The van der Waals surface area contributed by atoms with E-state index in [0.717, 1.165) is 48.1 Å². The molecule has 50 heavy (non-hydrogen) atoms. The van der Waals surface area contributed by atoms with E-state index in [1.807, 2.05) is 75.9 Å². The minimum Gasteiger partial charge on any atom is -0.319 e. The maximum Gasteiger partial charge on any atom is 0.188 e. The number of aromatic nitrogens is 4. The predicted molar refractivity (Wildman–Crippen MR) is 205 cm³/mol. The Bertz CT molecular complexity index is 2830. The molecule has 0 aliphatic carbocycles. The fourth-order valence-electron chi connectivity index (χ4n) is 7.32. The van der Waals surface area contributed by atoms with Gasteiger partial charge in [0.25, 0.3) is 0 Å². The number of aryl methyl sites for hydroxylation is 2. The molecular formula is C44H33N4PtSi-. The van der Waals surface area contributed by atoms with Gasteiger partial charge in [-0.25, -0.2) is 14.1 Å².